The molecule has 3 N–H and O–H groups in total. The van der Waals surface area contributed by atoms with Crippen LogP contribution in [0.1, 0.15) is 31.4 Å². The van der Waals surface area contributed by atoms with Crippen LogP contribution in [0.25, 0.3) is 0 Å². The number of urea groups is 1. The normalized spacial score (nSPS) is 11.6. The van der Waals surface area contributed by atoms with E-state index < -0.39 is 5.97 Å². The van der Waals surface area contributed by atoms with Gasteiger partial charge in [0.05, 0.1) is 6.04 Å². The molecule has 0 aliphatic carbocycles. The lowest BCUT2D eigenvalue weighted by molar-refractivity contribution is -0.137. The average Bonchev–Trinajstić information content (AvgIpc) is 2.35. The van der Waals surface area contributed by atoms with Crippen molar-refractivity contribution in [3.8, 4) is 0 Å². The smallest absolute Gasteiger partial charge is 0.315 e. The number of carbonyl (C=O) groups excluding carboxylic acids is 1. The minimum absolute atomic E-state index is 0.0198. The molecule has 0 spiro atoms. The van der Waals surface area contributed by atoms with Crippen LogP contribution in [-0.2, 0) is 4.79 Å². The molecule has 5 heteroatoms. The zero-order valence-electron chi connectivity index (χ0n) is 10.3. The first kappa shape index (κ1) is 14.0. The van der Waals surface area contributed by atoms with Crippen molar-refractivity contribution >= 4 is 12.0 Å². The van der Waals surface area contributed by atoms with Crippen molar-refractivity contribution in [3.63, 3.8) is 0 Å². The van der Waals surface area contributed by atoms with Crippen LogP contribution in [0.2, 0.25) is 0 Å². The van der Waals surface area contributed by atoms with Crippen LogP contribution in [0.15, 0.2) is 30.3 Å². The highest BCUT2D eigenvalue weighted by Crippen LogP contribution is 2.18. The van der Waals surface area contributed by atoms with E-state index in [-0.39, 0.29) is 18.5 Å². The van der Waals surface area contributed by atoms with E-state index in [2.05, 4.69) is 10.6 Å². The third kappa shape index (κ3) is 4.86. The van der Waals surface area contributed by atoms with E-state index in [1.807, 2.05) is 37.3 Å². The van der Waals surface area contributed by atoms with Crippen LogP contribution < -0.4 is 10.6 Å². The fraction of sp³-hybridized carbons (Fsp3) is 0.385. The van der Waals surface area contributed by atoms with Gasteiger partial charge >= 0.3 is 12.0 Å². The molecule has 0 aromatic heterocycles. The molecule has 2 amide bonds. The maximum atomic E-state index is 11.5. The third-order valence-corrected chi connectivity index (χ3v) is 2.49. The minimum Gasteiger partial charge on any atom is -0.481 e. The van der Waals surface area contributed by atoms with Crippen LogP contribution in [0.4, 0.5) is 4.79 Å². The molecule has 1 unspecified atom stereocenters. The number of hydrogen-bond acceptors (Lipinski definition) is 2. The number of amides is 2. The summed E-state index contributed by atoms with van der Waals surface area (Å²) in [4.78, 5) is 22.1. The quantitative estimate of drug-likeness (QED) is 0.721. The fourth-order valence-electron chi connectivity index (χ4n) is 1.65. The van der Waals surface area contributed by atoms with Crippen molar-refractivity contribution in [2.24, 2.45) is 0 Å². The second-order valence-electron chi connectivity index (χ2n) is 3.90. The number of nitrogens with one attached hydrogen (secondary N) is 2. The van der Waals surface area contributed by atoms with Gasteiger partial charge in [-0.15, -0.1) is 0 Å². The van der Waals surface area contributed by atoms with Crippen molar-refractivity contribution in [1.29, 1.82) is 0 Å². The summed E-state index contributed by atoms with van der Waals surface area (Å²) in [5.74, 6) is -0.867. The summed E-state index contributed by atoms with van der Waals surface area (Å²) in [6.07, 6.45) is 0.391. The average molecular weight is 250 g/mol. The Labute approximate surface area is 106 Å². The van der Waals surface area contributed by atoms with Gasteiger partial charge in [0.25, 0.3) is 0 Å². The number of aliphatic carboxylic acids is 1. The summed E-state index contributed by atoms with van der Waals surface area (Å²) in [5.41, 5.74) is 0.907. The second kappa shape index (κ2) is 7.32. The largest absolute Gasteiger partial charge is 0.481 e. The number of rotatable bonds is 6. The number of carbonyl (C=O) groups is 2. The zero-order valence-corrected chi connectivity index (χ0v) is 10.3. The number of benzene rings is 1. The van der Waals surface area contributed by atoms with E-state index in [0.29, 0.717) is 13.0 Å². The maximum absolute atomic E-state index is 11.5. The molecule has 0 aliphatic heterocycles. The maximum Gasteiger partial charge on any atom is 0.315 e. The molecule has 1 atom stereocenters. The summed E-state index contributed by atoms with van der Waals surface area (Å²) in [5, 5.41) is 14.1. The SMILES string of the molecule is CCNC(=O)NC(CCC(=O)O)c1ccccc1. The Kier molecular flexibility index (Phi) is 5.70. The van der Waals surface area contributed by atoms with Crippen LogP contribution >= 0.6 is 0 Å². The Morgan fingerprint density at radius 3 is 2.50 bits per heavy atom. The summed E-state index contributed by atoms with van der Waals surface area (Å²) in [6.45, 7) is 2.36. The first-order valence-corrected chi connectivity index (χ1v) is 5.94. The molecule has 1 aromatic carbocycles. The fourth-order valence-corrected chi connectivity index (χ4v) is 1.65. The second-order valence-corrected chi connectivity index (χ2v) is 3.90. The van der Waals surface area contributed by atoms with Gasteiger partial charge in [-0.05, 0) is 18.9 Å². The minimum atomic E-state index is -0.867. The first-order chi connectivity index (χ1) is 8.63. The lowest BCUT2D eigenvalue weighted by Gasteiger charge is -2.18. The van der Waals surface area contributed by atoms with E-state index in [0.717, 1.165) is 5.56 Å². The highest BCUT2D eigenvalue weighted by molar-refractivity contribution is 5.74. The Hall–Kier alpha value is -2.04. The van der Waals surface area contributed by atoms with E-state index in [4.69, 9.17) is 5.11 Å². The topological polar surface area (TPSA) is 78.4 Å². The van der Waals surface area contributed by atoms with Gasteiger partial charge in [-0.1, -0.05) is 30.3 Å². The van der Waals surface area contributed by atoms with Crippen molar-refractivity contribution in [1.82, 2.24) is 10.6 Å². The third-order valence-electron chi connectivity index (χ3n) is 2.49. The summed E-state index contributed by atoms with van der Waals surface area (Å²) in [6, 6.07) is 8.79. The van der Waals surface area contributed by atoms with Crippen LogP contribution in [0.3, 0.4) is 0 Å². The Morgan fingerprint density at radius 1 is 1.28 bits per heavy atom. The Morgan fingerprint density at radius 2 is 1.94 bits per heavy atom. The van der Waals surface area contributed by atoms with Gasteiger partial charge < -0.3 is 15.7 Å². The Balaban J connectivity index is 2.69. The van der Waals surface area contributed by atoms with Crippen molar-refractivity contribution in [3.05, 3.63) is 35.9 Å². The highest BCUT2D eigenvalue weighted by atomic mass is 16.4. The number of carboxylic acid groups (broad SMARTS) is 1. The standard InChI is InChI=1S/C13H18N2O3/c1-2-14-13(18)15-11(8-9-12(16)17)10-6-4-3-5-7-10/h3-7,11H,2,8-9H2,1H3,(H,16,17)(H2,14,15,18). The van der Waals surface area contributed by atoms with E-state index in [1.54, 1.807) is 0 Å². The zero-order chi connectivity index (χ0) is 13.4. The van der Waals surface area contributed by atoms with E-state index >= 15 is 0 Å². The van der Waals surface area contributed by atoms with Gasteiger partial charge in [0, 0.05) is 13.0 Å². The lowest BCUT2D eigenvalue weighted by Crippen LogP contribution is -2.38. The molecule has 0 aliphatic rings. The molecule has 0 heterocycles. The summed E-state index contributed by atoms with van der Waals surface area (Å²) in [7, 11) is 0. The molecule has 0 saturated carbocycles. The molecule has 0 bridgehead atoms. The van der Waals surface area contributed by atoms with Crippen LogP contribution in [0, 0.1) is 0 Å². The predicted molar refractivity (Wildman–Crippen MR) is 68.3 cm³/mol. The molecule has 0 fully saturated rings. The first-order valence-electron chi connectivity index (χ1n) is 5.94. The van der Waals surface area contributed by atoms with Gasteiger partial charge in [-0.3, -0.25) is 4.79 Å². The summed E-state index contributed by atoms with van der Waals surface area (Å²) >= 11 is 0. The molecule has 98 valence electrons. The van der Waals surface area contributed by atoms with Gasteiger partial charge in [0.2, 0.25) is 0 Å². The van der Waals surface area contributed by atoms with Gasteiger partial charge in [0.1, 0.15) is 0 Å². The lowest BCUT2D eigenvalue weighted by atomic mass is 10.0. The molecule has 0 saturated heterocycles. The van der Waals surface area contributed by atoms with Gasteiger partial charge in [-0.2, -0.15) is 0 Å². The van der Waals surface area contributed by atoms with E-state index in [9.17, 15) is 9.59 Å². The highest BCUT2D eigenvalue weighted by Gasteiger charge is 2.15. The van der Waals surface area contributed by atoms with Gasteiger partial charge in [0.15, 0.2) is 0 Å². The molecule has 0 radical (unpaired) electrons. The number of hydrogen-bond donors (Lipinski definition) is 3. The van der Waals surface area contributed by atoms with Crippen LogP contribution in [0.5, 0.6) is 0 Å². The van der Waals surface area contributed by atoms with Crippen molar-refractivity contribution in [2.75, 3.05) is 6.54 Å². The molecular weight excluding hydrogens is 232 g/mol. The predicted octanol–water partition coefficient (Wildman–Crippen LogP) is 1.91. The number of carboxylic acids is 1. The Bertz CT molecular complexity index is 392. The molecule has 18 heavy (non-hydrogen) atoms. The molecular formula is C13H18N2O3. The van der Waals surface area contributed by atoms with Crippen LogP contribution in [-0.4, -0.2) is 23.7 Å². The molecule has 1 aromatic rings. The monoisotopic (exact) mass is 250 g/mol. The van der Waals surface area contributed by atoms with Crippen molar-refractivity contribution < 1.29 is 14.7 Å². The molecule has 5 nitrogen and oxygen atoms in total. The van der Waals surface area contributed by atoms with Crippen molar-refractivity contribution in [2.45, 2.75) is 25.8 Å². The molecule has 1 rings (SSSR count). The van der Waals surface area contributed by atoms with Gasteiger partial charge in [-0.25, -0.2) is 4.79 Å². The van der Waals surface area contributed by atoms with E-state index in [1.165, 1.54) is 0 Å². The summed E-state index contributed by atoms with van der Waals surface area (Å²) < 4.78 is 0.